The first kappa shape index (κ1) is 15.7. The van der Waals surface area contributed by atoms with Crippen molar-refractivity contribution in [1.29, 1.82) is 0 Å². The molecule has 0 spiro atoms. The number of nitrogens with two attached hydrogens (primary N) is 1. The van der Waals surface area contributed by atoms with Crippen LogP contribution in [0, 0.1) is 5.92 Å². The number of hydrogen-bond donors (Lipinski definition) is 2. The first-order valence-corrected chi connectivity index (χ1v) is 8.76. The lowest BCUT2D eigenvalue weighted by molar-refractivity contribution is 0.519. The molecule has 0 unspecified atom stereocenters. The second-order valence-corrected chi connectivity index (χ2v) is 7.62. The molecule has 0 saturated heterocycles. The van der Waals surface area contributed by atoms with Crippen molar-refractivity contribution in [2.45, 2.75) is 30.6 Å². The summed E-state index contributed by atoms with van der Waals surface area (Å²) in [4.78, 5) is 0.290. The number of halogens is 1. The zero-order valence-corrected chi connectivity index (χ0v) is 13.3. The second kappa shape index (κ2) is 6.39. The highest BCUT2D eigenvalue weighted by Gasteiger charge is 2.20. The van der Waals surface area contributed by atoms with Crippen molar-refractivity contribution in [2.24, 2.45) is 11.7 Å². The van der Waals surface area contributed by atoms with Gasteiger partial charge >= 0.3 is 0 Å². The van der Waals surface area contributed by atoms with Crippen LogP contribution in [0.5, 0.6) is 0 Å². The summed E-state index contributed by atoms with van der Waals surface area (Å²) in [6, 6.07) is 4.39. The van der Waals surface area contributed by atoms with Crippen molar-refractivity contribution in [1.82, 2.24) is 4.72 Å². The van der Waals surface area contributed by atoms with Crippen molar-refractivity contribution >= 4 is 38.8 Å². The van der Waals surface area contributed by atoms with E-state index >= 15 is 0 Å². The topological polar surface area (TPSA) is 72.2 Å². The minimum atomic E-state index is -3.53. The molecule has 1 aliphatic rings. The zero-order chi connectivity index (χ0) is 14.8. The predicted octanol–water partition coefficient (Wildman–Crippen LogP) is 2.44. The maximum Gasteiger partial charge on any atom is 0.240 e. The molecule has 0 radical (unpaired) electrons. The van der Waals surface area contributed by atoms with Gasteiger partial charge in [-0.25, -0.2) is 13.1 Å². The average molecular weight is 333 g/mol. The number of rotatable bonds is 5. The molecule has 0 bridgehead atoms. The van der Waals surface area contributed by atoms with Gasteiger partial charge in [0.2, 0.25) is 10.0 Å². The van der Waals surface area contributed by atoms with Gasteiger partial charge in [0.25, 0.3) is 0 Å². The first-order chi connectivity index (χ1) is 9.40. The standard InChI is InChI=1S/C13H17ClN2O2S2/c14-12-7-10(5-6-11(12)13(15)19)20(17,18)16-8-9-3-1-2-4-9/h5-7,9,16H,1-4,8H2,(H2,15,19). The Labute approximate surface area is 129 Å². The number of sulfonamides is 1. The molecule has 1 saturated carbocycles. The summed E-state index contributed by atoms with van der Waals surface area (Å²) < 4.78 is 27.0. The van der Waals surface area contributed by atoms with E-state index in [1.54, 1.807) is 0 Å². The van der Waals surface area contributed by atoms with Gasteiger partial charge in [0.15, 0.2) is 0 Å². The summed E-state index contributed by atoms with van der Waals surface area (Å²) in [5.74, 6) is 0.441. The van der Waals surface area contributed by atoms with Crippen LogP contribution in [0.2, 0.25) is 5.02 Å². The van der Waals surface area contributed by atoms with E-state index in [9.17, 15) is 8.42 Å². The molecule has 1 fully saturated rings. The molecule has 110 valence electrons. The van der Waals surface area contributed by atoms with Gasteiger partial charge in [-0.1, -0.05) is 36.7 Å². The maximum absolute atomic E-state index is 12.2. The van der Waals surface area contributed by atoms with Crippen LogP contribution in [-0.4, -0.2) is 20.0 Å². The molecule has 1 aromatic rings. The van der Waals surface area contributed by atoms with E-state index < -0.39 is 10.0 Å². The fourth-order valence-electron chi connectivity index (χ4n) is 2.39. The fraction of sp³-hybridized carbons (Fsp3) is 0.462. The fourth-order valence-corrected chi connectivity index (χ4v) is 4.11. The molecule has 0 heterocycles. The Balaban J connectivity index is 2.12. The Bertz CT molecular complexity index is 611. The Morgan fingerprint density at radius 1 is 1.40 bits per heavy atom. The monoisotopic (exact) mass is 332 g/mol. The summed E-state index contributed by atoms with van der Waals surface area (Å²) in [7, 11) is -3.53. The number of hydrogen-bond acceptors (Lipinski definition) is 3. The molecular weight excluding hydrogens is 316 g/mol. The highest BCUT2D eigenvalue weighted by Crippen LogP contribution is 2.25. The Kier molecular flexibility index (Phi) is 5.01. The van der Waals surface area contributed by atoms with Gasteiger partial charge in [0, 0.05) is 12.1 Å². The van der Waals surface area contributed by atoms with Crippen LogP contribution in [0.15, 0.2) is 23.1 Å². The molecule has 4 nitrogen and oxygen atoms in total. The summed E-state index contributed by atoms with van der Waals surface area (Å²) in [6.45, 7) is 0.483. The SMILES string of the molecule is NC(=S)c1ccc(S(=O)(=O)NCC2CCCC2)cc1Cl. The van der Waals surface area contributed by atoms with Crippen molar-refractivity contribution in [3.05, 3.63) is 28.8 Å². The Hall–Kier alpha value is -0.690. The van der Waals surface area contributed by atoms with Gasteiger partial charge in [-0.3, -0.25) is 0 Å². The zero-order valence-electron chi connectivity index (χ0n) is 10.9. The van der Waals surface area contributed by atoms with Gasteiger partial charge in [-0.05, 0) is 37.0 Å². The Morgan fingerprint density at radius 3 is 2.60 bits per heavy atom. The molecule has 0 amide bonds. The number of benzene rings is 1. The lowest BCUT2D eigenvalue weighted by Crippen LogP contribution is -2.28. The van der Waals surface area contributed by atoms with E-state index in [-0.39, 0.29) is 14.9 Å². The third-order valence-electron chi connectivity index (χ3n) is 3.55. The molecule has 0 aliphatic heterocycles. The molecule has 1 aliphatic carbocycles. The maximum atomic E-state index is 12.2. The highest BCUT2D eigenvalue weighted by atomic mass is 35.5. The Morgan fingerprint density at radius 2 is 2.05 bits per heavy atom. The molecule has 0 aromatic heterocycles. The van der Waals surface area contributed by atoms with Crippen molar-refractivity contribution in [3.8, 4) is 0 Å². The lowest BCUT2D eigenvalue weighted by atomic mass is 10.1. The summed E-state index contributed by atoms with van der Waals surface area (Å²) in [5.41, 5.74) is 5.98. The molecule has 0 atom stereocenters. The smallest absolute Gasteiger partial charge is 0.240 e. The van der Waals surface area contributed by atoms with Gasteiger partial charge in [-0.15, -0.1) is 0 Å². The molecule has 20 heavy (non-hydrogen) atoms. The van der Waals surface area contributed by atoms with Gasteiger partial charge < -0.3 is 5.73 Å². The number of nitrogens with one attached hydrogen (secondary N) is 1. The molecule has 7 heteroatoms. The van der Waals surface area contributed by atoms with E-state index in [1.165, 1.54) is 31.0 Å². The lowest BCUT2D eigenvalue weighted by Gasteiger charge is -2.12. The van der Waals surface area contributed by atoms with Crippen molar-refractivity contribution < 1.29 is 8.42 Å². The van der Waals surface area contributed by atoms with E-state index in [1.807, 2.05) is 0 Å². The number of thiocarbonyl (C=S) groups is 1. The highest BCUT2D eigenvalue weighted by molar-refractivity contribution is 7.89. The second-order valence-electron chi connectivity index (χ2n) is 5.01. The predicted molar refractivity (Wildman–Crippen MR) is 84.5 cm³/mol. The third-order valence-corrected chi connectivity index (χ3v) is 5.51. The van der Waals surface area contributed by atoms with E-state index in [0.717, 1.165) is 12.8 Å². The molecule has 1 aromatic carbocycles. The van der Waals surface area contributed by atoms with Crippen LogP contribution in [0.3, 0.4) is 0 Å². The van der Waals surface area contributed by atoms with Crippen LogP contribution in [-0.2, 0) is 10.0 Å². The summed E-state index contributed by atoms with van der Waals surface area (Å²) in [5, 5.41) is 0.251. The largest absolute Gasteiger partial charge is 0.389 e. The van der Waals surface area contributed by atoms with Crippen molar-refractivity contribution in [2.75, 3.05) is 6.54 Å². The van der Waals surface area contributed by atoms with Crippen LogP contribution in [0.4, 0.5) is 0 Å². The minimum Gasteiger partial charge on any atom is -0.389 e. The van der Waals surface area contributed by atoms with E-state index in [4.69, 9.17) is 29.6 Å². The third kappa shape index (κ3) is 3.69. The van der Waals surface area contributed by atoms with E-state index in [2.05, 4.69) is 4.72 Å². The van der Waals surface area contributed by atoms with E-state index in [0.29, 0.717) is 18.0 Å². The normalized spacial score (nSPS) is 16.4. The quantitative estimate of drug-likeness (QED) is 0.812. The van der Waals surface area contributed by atoms with Gasteiger partial charge in [-0.2, -0.15) is 0 Å². The molecule has 3 N–H and O–H groups in total. The van der Waals surface area contributed by atoms with Gasteiger partial charge in [0.05, 0.1) is 9.92 Å². The summed E-state index contributed by atoms with van der Waals surface area (Å²) >= 11 is 10.8. The molecular formula is C13H17ClN2O2S2. The van der Waals surface area contributed by atoms with Crippen LogP contribution in [0.25, 0.3) is 0 Å². The first-order valence-electron chi connectivity index (χ1n) is 6.49. The van der Waals surface area contributed by atoms with Gasteiger partial charge in [0.1, 0.15) is 4.99 Å². The average Bonchev–Trinajstić information content (AvgIpc) is 2.89. The summed E-state index contributed by atoms with van der Waals surface area (Å²) in [6.07, 6.45) is 4.54. The van der Waals surface area contributed by atoms with Crippen LogP contribution < -0.4 is 10.5 Å². The molecule has 2 rings (SSSR count). The van der Waals surface area contributed by atoms with Crippen molar-refractivity contribution in [3.63, 3.8) is 0 Å². The minimum absolute atomic E-state index is 0.139. The van der Waals surface area contributed by atoms with Crippen LogP contribution >= 0.6 is 23.8 Å². The van der Waals surface area contributed by atoms with Crippen LogP contribution in [0.1, 0.15) is 31.2 Å².